The second-order valence-electron chi connectivity index (χ2n) is 2.63. The molecule has 0 aromatic rings. The van der Waals surface area contributed by atoms with Crippen LogP contribution in [0, 0.1) is 0 Å². The molecule has 0 unspecified atom stereocenters. The SMILES string of the molecule is CC1(C)CC=CN1. The van der Waals surface area contributed by atoms with E-state index in [-0.39, 0.29) is 0 Å². The Kier molecular flexibility index (Phi) is 0.841. The molecule has 1 rings (SSSR count). The fourth-order valence-electron chi connectivity index (χ4n) is 0.697. The predicted molar refractivity (Wildman–Crippen MR) is 31.0 cm³/mol. The topological polar surface area (TPSA) is 12.0 Å². The predicted octanol–water partition coefficient (Wildman–Crippen LogP) is 1.27. The highest BCUT2D eigenvalue weighted by molar-refractivity contribution is 5.00. The number of nitrogens with one attached hydrogen (secondary N) is 1. The van der Waals surface area contributed by atoms with E-state index in [0.29, 0.717) is 5.54 Å². The molecule has 0 saturated heterocycles. The minimum absolute atomic E-state index is 0.333. The van der Waals surface area contributed by atoms with Crippen LogP contribution in [0.15, 0.2) is 12.3 Å². The normalized spacial score (nSPS) is 24.9. The second kappa shape index (κ2) is 1.25. The first-order valence-electron chi connectivity index (χ1n) is 2.63. The molecule has 7 heavy (non-hydrogen) atoms. The van der Waals surface area contributed by atoms with Crippen LogP contribution < -0.4 is 5.32 Å². The average Bonchev–Trinajstić information content (AvgIpc) is 1.84. The Morgan fingerprint density at radius 1 is 1.57 bits per heavy atom. The third kappa shape index (κ3) is 0.952. The molecule has 0 amide bonds. The maximum Gasteiger partial charge on any atom is 0.0346 e. The van der Waals surface area contributed by atoms with Gasteiger partial charge in [-0.25, -0.2) is 0 Å². The van der Waals surface area contributed by atoms with Gasteiger partial charge in [-0.05, 0) is 26.5 Å². The van der Waals surface area contributed by atoms with Crippen molar-refractivity contribution in [1.82, 2.24) is 5.32 Å². The molecule has 0 aromatic heterocycles. The lowest BCUT2D eigenvalue weighted by Gasteiger charge is -2.16. The summed E-state index contributed by atoms with van der Waals surface area (Å²) in [5.41, 5.74) is 0.333. The van der Waals surface area contributed by atoms with Crippen molar-refractivity contribution in [2.75, 3.05) is 0 Å². The van der Waals surface area contributed by atoms with Crippen molar-refractivity contribution in [2.24, 2.45) is 0 Å². The van der Waals surface area contributed by atoms with E-state index in [4.69, 9.17) is 0 Å². The summed E-state index contributed by atoms with van der Waals surface area (Å²) in [5.74, 6) is 0. The number of rotatable bonds is 0. The number of hydrogen-bond donors (Lipinski definition) is 1. The van der Waals surface area contributed by atoms with E-state index in [1.165, 1.54) is 0 Å². The Hall–Kier alpha value is -0.460. The van der Waals surface area contributed by atoms with E-state index in [9.17, 15) is 0 Å². The van der Waals surface area contributed by atoms with Crippen LogP contribution in [-0.4, -0.2) is 5.54 Å². The zero-order valence-corrected chi connectivity index (χ0v) is 4.86. The summed E-state index contributed by atoms with van der Waals surface area (Å²) in [6.07, 6.45) is 5.33. The molecule has 0 aliphatic carbocycles. The smallest absolute Gasteiger partial charge is 0.0346 e. The van der Waals surface area contributed by atoms with E-state index in [0.717, 1.165) is 6.42 Å². The molecular weight excluding hydrogens is 86.1 g/mol. The molecule has 0 bridgehead atoms. The maximum absolute atomic E-state index is 3.22. The zero-order chi connectivity index (χ0) is 5.33. The Labute approximate surface area is 44.4 Å². The Morgan fingerprint density at radius 3 is 2.43 bits per heavy atom. The van der Waals surface area contributed by atoms with E-state index in [2.05, 4.69) is 25.2 Å². The summed E-state index contributed by atoms with van der Waals surface area (Å²) < 4.78 is 0. The average molecular weight is 97.2 g/mol. The molecule has 0 aromatic carbocycles. The third-order valence-corrected chi connectivity index (χ3v) is 1.22. The van der Waals surface area contributed by atoms with Gasteiger partial charge < -0.3 is 5.32 Å². The van der Waals surface area contributed by atoms with Crippen LogP contribution in [0.1, 0.15) is 20.3 Å². The van der Waals surface area contributed by atoms with Gasteiger partial charge in [0.15, 0.2) is 0 Å². The summed E-state index contributed by atoms with van der Waals surface area (Å²) in [6.45, 7) is 4.38. The van der Waals surface area contributed by atoms with Crippen LogP contribution >= 0.6 is 0 Å². The quantitative estimate of drug-likeness (QED) is 0.480. The lowest BCUT2D eigenvalue weighted by Crippen LogP contribution is -2.30. The molecule has 0 atom stereocenters. The van der Waals surface area contributed by atoms with Gasteiger partial charge >= 0.3 is 0 Å². The summed E-state index contributed by atoms with van der Waals surface area (Å²) >= 11 is 0. The van der Waals surface area contributed by atoms with Gasteiger partial charge in [-0.3, -0.25) is 0 Å². The largest absolute Gasteiger partial charge is 0.386 e. The molecule has 1 aliphatic heterocycles. The Bertz CT molecular complexity index is 82.4. The highest BCUT2D eigenvalue weighted by atomic mass is 14.9. The van der Waals surface area contributed by atoms with Gasteiger partial charge in [-0.15, -0.1) is 0 Å². The fraction of sp³-hybridized carbons (Fsp3) is 0.667. The van der Waals surface area contributed by atoms with Crippen molar-refractivity contribution in [3.63, 3.8) is 0 Å². The third-order valence-electron chi connectivity index (χ3n) is 1.22. The first-order chi connectivity index (χ1) is 3.21. The van der Waals surface area contributed by atoms with Gasteiger partial charge in [0, 0.05) is 5.54 Å². The van der Waals surface area contributed by atoms with Gasteiger partial charge in [-0.2, -0.15) is 0 Å². The summed E-state index contributed by atoms with van der Waals surface area (Å²) in [4.78, 5) is 0. The highest BCUT2D eigenvalue weighted by Gasteiger charge is 2.15. The Balaban J connectivity index is 2.49. The van der Waals surface area contributed by atoms with Crippen molar-refractivity contribution in [1.29, 1.82) is 0 Å². The molecule has 1 nitrogen and oxygen atoms in total. The molecular formula is C6H11N. The highest BCUT2D eigenvalue weighted by Crippen LogP contribution is 2.12. The monoisotopic (exact) mass is 97.1 g/mol. The molecule has 0 saturated carbocycles. The fourth-order valence-corrected chi connectivity index (χ4v) is 0.697. The molecule has 1 heteroatoms. The molecule has 1 N–H and O–H groups in total. The van der Waals surface area contributed by atoms with Gasteiger partial charge in [0.1, 0.15) is 0 Å². The van der Waals surface area contributed by atoms with Crippen LogP contribution in [0.2, 0.25) is 0 Å². The van der Waals surface area contributed by atoms with Crippen molar-refractivity contribution >= 4 is 0 Å². The maximum atomic E-state index is 3.22. The van der Waals surface area contributed by atoms with E-state index < -0.39 is 0 Å². The van der Waals surface area contributed by atoms with Crippen molar-refractivity contribution in [3.05, 3.63) is 12.3 Å². The van der Waals surface area contributed by atoms with E-state index in [1.54, 1.807) is 0 Å². The molecule has 0 spiro atoms. The molecule has 1 heterocycles. The van der Waals surface area contributed by atoms with Crippen LogP contribution in [0.3, 0.4) is 0 Å². The van der Waals surface area contributed by atoms with Crippen molar-refractivity contribution in [2.45, 2.75) is 25.8 Å². The standard InChI is InChI=1S/C6H11N/c1-6(2)4-3-5-7-6/h3,5,7H,4H2,1-2H3. The van der Waals surface area contributed by atoms with Gasteiger partial charge in [0.05, 0.1) is 0 Å². The van der Waals surface area contributed by atoms with Crippen molar-refractivity contribution in [3.8, 4) is 0 Å². The summed E-state index contributed by atoms with van der Waals surface area (Å²) in [6, 6.07) is 0. The summed E-state index contributed by atoms with van der Waals surface area (Å²) in [5, 5.41) is 3.22. The Morgan fingerprint density at radius 2 is 2.29 bits per heavy atom. The van der Waals surface area contributed by atoms with E-state index in [1.807, 2.05) is 6.20 Å². The van der Waals surface area contributed by atoms with Crippen molar-refractivity contribution < 1.29 is 0 Å². The van der Waals surface area contributed by atoms with Crippen LogP contribution in [-0.2, 0) is 0 Å². The van der Waals surface area contributed by atoms with Gasteiger partial charge in [0.2, 0.25) is 0 Å². The van der Waals surface area contributed by atoms with Crippen LogP contribution in [0.5, 0.6) is 0 Å². The molecule has 40 valence electrons. The van der Waals surface area contributed by atoms with Gasteiger partial charge in [-0.1, -0.05) is 6.08 Å². The van der Waals surface area contributed by atoms with Gasteiger partial charge in [0.25, 0.3) is 0 Å². The number of hydrogen-bond acceptors (Lipinski definition) is 1. The minimum atomic E-state index is 0.333. The summed E-state index contributed by atoms with van der Waals surface area (Å²) in [7, 11) is 0. The molecule has 0 fully saturated rings. The second-order valence-corrected chi connectivity index (χ2v) is 2.63. The van der Waals surface area contributed by atoms with Crippen LogP contribution in [0.4, 0.5) is 0 Å². The molecule has 0 radical (unpaired) electrons. The first kappa shape index (κ1) is 4.69. The molecule has 1 aliphatic rings. The lowest BCUT2D eigenvalue weighted by atomic mass is 10.1. The van der Waals surface area contributed by atoms with Crippen LogP contribution in [0.25, 0.3) is 0 Å². The minimum Gasteiger partial charge on any atom is -0.386 e. The first-order valence-corrected chi connectivity index (χ1v) is 2.63. The van der Waals surface area contributed by atoms with E-state index >= 15 is 0 Å². The zero-order valence-electron chi connectivity index (χ0n) is 4.86. The lowest BCUT2D eigenvalue weighted by molar-refractivity contribution is 0.477.